The van der Waals surface area contributed by atoms with Crippen molar-refractivity contribution in [1.29, 1.82) is 0 Å². The summed E-state index contributed by atoms with van der Waals surface area (Å²) in [7, 11) is 1.27. The van der Waals surface area contributed by atoms with Crippen molar-refractivity contribution < 1.29 is 14.3 Å². The summed E-state index contributed by atoms with van der Waals surface area (Å²) in [5.41, 5.74) is 0. The van der Waals surface area contributed by atoms with Crippen molar-refractivity contribution in [3.05, 3.63) is 18.1 Å². The van der Waals surface area contributed by atoms with E-state index in [1.54, 1.807) is 6.07 Å². The number of ether oxygens (including phenoxy) is 1. The number of hydrogen-bond donors (Lipinski definition) is 2. The molecule has 0 aromatic carbocycles. The lowest BCUT2D eigenvalue weighted by Crippen LogP contribution is -2.28. The van der Waals surface area contributed by atoms with Crippen LogP contribution in [0.4, 0.5) is 5.82 Å². The molecule has 110 valence electrons. The first-order chi connectivity index (χ1) is 9.52. The summed E-state index contributed by atoms with van der Waals surface area (Å²) in [4.78, 5) is 30.5. The van der Waals surface area contributed by atoms with Crippen LogP contribution in [0.25, 0.3) is 0 Å². The van der Waals surface area contributed by atoms with Crippen LogP contribution >= 0.6 is 0 Å². The molecule has 1 amide bonds. The molecule has 0 aliphatic carbocycles. The molecule has 2 N–H and O–H groups in total. The molecule has 0 fully saturated rings. The van der Waals surface area contributed by atoms with Crippen molar-refractivity contribution in [1.82, 2.24) is 15.3 Å². The SMILES string of the molecule is COC(=O)c1nccc(NCCC(=O)NCC(C)C)n1. The molecular weight excluding hydrogens is 260 g/mol. The Morgan fingerprint density at radius 1 is 1.40 bits per heavy atom. The molecule has 7 heteroatoms. The van der Waals surface area contributed by atoms with Gasteiger partial charge < -0.3 is 15.4 Å². The topological polar surface area (TPSA) is 93.2 Å². The molecule has 0 aliphatic rings. The third-order valence-electron chi connectivity index (χ3n) is 2.39. The average molecular weight is 280 g/mol. The van der Waals surface area contributed by atoms with Gasteiger partial charge in [0.2, 0.25) is 11.7 Å². The summed E-state index contributed by atoms with van der Waals surface area (Å²) < 4.78 is 4.53. The highest BCUT2D eigenvalue weighted by Crippen LogP contribution is 2.03. The molecule has 0 radical (unpaired) electrons. The number of carbonyl (C=O) groups excluding carboxylic acids is 2. The van der Waals surface area contributed by atoms with Crippen LogP contribution in [-0.2, 0) is 9.53 Å². The minimum absolute atomic E-state index is 0.0123. The fourth-order valence-electron chi connectivity index (χ4n) is 1.36. The van der Waals surface area contributed by atoms with E-state index < -0.39 is 5.97 Å². The molecule has 0 atom stereocenters. The van der Waals surface area contributed by atoms with Crippen molar-refractivity contribution in [2.75, 3.05) is 25.5 Å². The first kappa shape index (κ1) is 15.9. The van der Waals surface area contributed by atoms with E-state index in [0.717, 1.165) is 0 Å². The maximum Gasteiger partial charge on any atom is 0.376 e. The lowest BCUT2D eigenvalue weighted by atomic mass is 10.2. The summed E-state index contributed by atoms with van der Waals surface area (Å²) in [6, 6.07) is 1.62. The summed E-state index contributed by atoms with van der Waals surface area (Å²) in [5.74, 6) is 0.284. The highest BCUT2D eigenvalue weighted by atomic mass is 16.5. The molecule has 0 aliphatic heterocycles. The Morgan fingerprint density at radius 3 is 2.80 bits per heavy atom. The van der Waals surface area contributed by atoms with E-state index in [1.165, 1.54) is 13.3 Å². The van der Waals surface area contributed by atoms with Gasteiger partial charge in [-0.05, 0) is 12.0 Å². The molecule has 7 nitrogen and oxygen atoms in total. The predicted molar refractivity (Wildman–Crippen MR) is 74.3 cm³/mol. The average Bonchev–Trinajstić information content (AvgIpc) is 2.44. The summed E-state index contributed by atoms with van der Waals surface area (Å²) in [6.45, 7) is 5.17. The summed E-state index contributed by atoms with van der Waals surface area (Å²) in [6.07, 6.45) is 1.80. The number of anilines is 1. The molecule has 0 saturated heterocycles. The van der Waals surface area contributed by atoms with E-state index in [2.05, 4.69) is 25.3 Å². The number of methoxy groups -OCH3 is 1. The molecule has 1 rings (SSSR count). The van der Waals surface area contributed by atoms with E-state index in [0.29, 0.717) is 31.2 Å². The minimum atomic E-state index is -0.594. The Bertz CT molecular complexity index is 463. The van der Waals surface area contributed by atoms with Crippen molar-refractivity contribution in [2.45, 2.75) is 20.3 Å². The first-order valence-corrected chi connectivity index (χ1v) is 6.45. The number of rotatable bonds is 7. The van der Waals surface area contributed by atoms with Crippen LogP contribution in [0.2, 0.25) is 0 Å². The highest BCUT2D eigenvalue weighted by molar-refractivity contribution is 5.85. The van der Waals surface area contributed by atoms with Gasteiger partial charge in [-0.15, -0.1) is 0 Å². The van der Waals surface area contributed by atoms with Crippen LogP contribution in [0.5, 0.6) is 0 Å². The van der Waals surface area contributed by atoms with Gasteiger partial charge in [-0.25, -0.2) is 14.8 Å². The van der Waals surface area contributed by atoms with Crippen LogP contribution < -0.4 is 10.6 Å². The molecule has 1 aromatic rings. The smallest absolute Gasteiger partial charge is 0.376 e. The van der Waals surface area contributed by atoms with Gasteiger partial charge in [0.05, 0.1) is 7.11 Å². The van der Waals surface area contributed by atoms with Crippen LogP contribution in [0.1, 0.15) is 30.9 Å². The van der Waals surface area contributed by atoms with Crippen molar-refractivity contribution in [2.24, 2.45) is 5.92 Å². The van der Waals surface area contributed by atoms with Gasteiger partial charge in [-0.2, -0.15) is 0 Å². The number of amides is 1. The lowest BCUT2D eigenvalue weighted by molar-refractivity contribution is -0.120. The Labute approximate surface area is 118 Å². The van der Waals surface area contributed by atoms with E-state index in [4.69, 9.17) is 0 Å². The van der Waals surface area contributed by atoms with Crippen LogP contribution in [0.3, 0.4) is 0 Å². The fourth-order valence-corrected chi connectivity index (χ4v) is 1.36. The molecule has 1 aromatic heterocycles. The number of carbonyl (C=O) groups is 2. The summed E-state index contributed by atoms with van der Waals surface area (Å²) in [5, 5.41) is 5.78. The second kappa shape index (κ2) is 8.08. The van der Waals surface area contributed by atoms with Crippen LogP contribution in [-0.4, -0.2) is 42.0 Å². The largest absolute Gasteiger partial charge is 0.463 e. The minimum Gasteiger partial charge on any atom is -0.463 e. The zero-order valence-electron chi connectivity index (χ0n) is 12.0. The van der Waals surface area contributed by atoms with Gasteiger partial charge >= 0.3 is 5.97 Å². The maximum absolute atomic E-state index is 11.5. The zero-order chi connectivity index (χ0) is 15.0. The number of nitrogens with one attached hydrogen (secondary N) is 2. The highest BCUT2D eigenvalue weighted by Gasteiger charge is 2.09. The lowest BCUT2D eigenvalue weighted by Gasteiger charge is -2.08. The van der Waals surface area contributed by atoms with E-state index in [-0.39, 0.29) is 11.7 Å². The number of esters is 1. The molecule has 1 heterocycles. The second-order valence-electron chi connectivity index (χ2n) is 4.63. The van der Waals surface area contributed by atoms with Gasteiger partial charge in [0.15, 0.2) is 0 Å². The second-order valence-corrected chi connectivity index (χ2v) is 4.63. The standard InChI is InChI=1S/C13H20N4O3/c1-9(2)8-16-11(18)5-7-14-10-4-6-15-12(17-10)13(19)20-3/h4,6,9H,5,7-8H2,1-3H3,(H,16,18)(H,14,15,17). The quantitative estimate of drug-likeness (QED) is 0.719. The fraction of sp³-hybridized carbons (Fsp3) is 0.538. The third-order valence-corrected chi connectivity index (χ3v) is 2.39. The first-order valence-electron chi connectivity index (χ1n) is 6.45. The number of aromatic nitrogens is 2. The van der Waals surface area contributed by atoms with E-state index in [9.17, 15) is 9.59 Å². The van der Waals surface area contributed by atoms with Gasteiger partial charge in [0, 0.05) is 25.7 Å². The Kier molecular flexibility index (Phi) is 6.42. The maximum atomic E-state index is 11.5. The van der Waals surface area contributed by atoms with Crippen LogP contribution in [0, 0.1) is 5.92 Å². The summed E-state index contributed by atoms with van der Waals surface area (Å²) >= 11 is 0. The third kappa shape index (κ3) is 5.64. The van der Waals surface area contributed by atoms with Gasteiger partial charge in [-0.1, -0.05) is 13.8 Å². The monoisotopic (exact) mass is 280 g/mol. The molecule has 0 bridgehead atoms. The Balaban J connectivity index is 2.38. The molecule has 0 saturated carbocycles. The molecule has 0 spiro atoms. The molecule has 0 unspecified atom stereocenters. The van der Waals surface area contributed by atoms with Crippen molar-refractivity contribution in [3.8, 4) is 0 Å². The van der Waals surface area contributed by atoms with E-state index >= 15 is 0 Å². The van der Waals surface area contributed by atoms with Crippen molar-refractivity contribution >= 4 is 17.7 Å². The Hall–Kier alpha value is -2.18. The van der Waals surface area contributed by atoms with Gasteiger partial charge in [-0.3, -0.25) is 4.79 Å². The number of hydrogen-bond acceptors (Lipinski definition) is 6. The van der Waals surface area contributed by atoms with Gasteiger partial charge in [0.25, 0.3) is 0 Å². The van der Waals surface area contributed by atoms with E-state index in [1.807, 2.05) is 13.8 Å². The normalized spacial score (nSPS) is 10.2. The molecular formula is C13H20N4O3. The van der Waals surface area contributed by atoms with Gasteiger partial charge in [0.1, 0.15) is 5.82 Å². The zero-order valence-corrected chi connectivity index (χ0v) is 12.0. The predicted octanol–water partition coefficient (Wildman–Crippen LogP) is 0.837. The number of nitrogens with zero attached hydrogens (tertiary/aromatic N) is 2. The van der Waals surface area contributed by atoms with Crippen LogP contribution in [0.15, 0.2) is 12.3 Å². The Morgan fingerprint density at radius 2 is 2.15 bits per heavy atom. The van der Waals surface area contributed by atoms with Crippen molar-refractivity contribution in [3.63, 3.8) is 0 Å². The molecule has 20 heavy (non-hydrogen) atoms.